The van der Waals surface area contributed by atoms with Crippen LogP contribution in [0, 0.1) is 0 Å². The van der Waals surface area contributed by atoms with Crippen molar-refractivity contribution in [1.82, 2.24) is 5.32 Å². The van der Waals surface area contributed by atoms with Crippen LogP contribution in [0.15, 0.2) is 24.3 Å². The van der Waals surface area contributed by atoms with Gasteiger partial charge in [-0.3, -0.25) is 4.79 Å². The molecular formula is C15H23ClN2O3. The number of carbonyl (C=O) groups is 1. The zero-order chi connectivity index (χ0) is 14.2. The van der Waals surface area contributed by atoms with Crippen molar-refractivity contribution in [2.75, 3.05) is 32.2 Å². The number of amides is 1. The predicted molar refractivity (Wildman–Crippen MR) is 85.3 cm³/mol. The number of methoxy groups -OCH3 is 1. The molecule has 0 aromatic heterocycles. The number of benzene rings is 1. The van der Waals surface area contributed by atoms with Gasteiger partial charge in [0.15, 0.2) is 0 Å². The average molecular weight is 315 g/mol. The quantitative estimate of drug-likeness (QED) is 0.790. The predicted octanol–water partition coefficient (Wildman–Crippen LogP) is 2.21. The van der Waals surface area contributed by atoms with Crippen molar-refractivity contribution in [3.05, 3.63) is 24.3 Å². The Morgan fingerprint density at radius 3 is 2.95 bits per heavy atom. The molecule has 1 aliphatic rings. The minimum atomic E-state index is -0.0817. The fraction of sp³-hybridized carbons (Fsp3) is 0.533. The Labute approximate surface area is 131 Å². The molecule has 2 N–H and O–H groups in total. The first-order valence-corrected chi connectivity index (χ1v) is 7.05. The Morgan fingerprint density at radius 2 is 2.24 bits per heavy atom. The number of halogens is 1. The second kappa shape index (κ2) is 9.60. The third kappa shape index (κ3) is 5.91. The highest BCUT2D eigenvalue weighted by Crippen LogP contribution is 2.18. The van der Waals surface area contributed by atoms with Crippen LogP contribution in [0.1, 0.15) is 19.3 Å². The lowest BCUT2D eigenvalue weighted by atomic mass is 10.0. The molecule has 1 fully saturated rings. The maximum Gasteiger partial charge on any atom is 0.241 e. The number of rotatable bonds is 6. The van der Waals surface area contributed by atoms with Gasteiger partial charge in [0.1, 0.15) is 12.4 Å². The smallest absolute Gasteiger partial charge is 0.241 e. The summed E-state index contributed by atoms with van der Waals surface area (Å²) in [6.45, 7) is 1.96. The van der Waals surface area contributed by atoms with E-state index in [2.05, 4.69) is 10.6 Å². The number of ether oxygens (including phenoxy) is 2. The molecule has 1 aromatic rings. The molecular weight excluding hydrogens is 292 g/mol. The minimum absolute atomic E-state index is 0. The maximum atomic E-state index is 12.1. The van der Waals surface area contributed by atoms with Gasteiger partial charge >= 0.3 is 0 Å². The number of nitrogens with one attached hydrogen (secondary N) is 2. The Hall–Kier alpha value is -1.30. The molecule has 0 aliphatic carbocycles. The molecule has 0 bridgehead atoms. The lowest BCUT2D eigenvalue weighted by molar-refractivity contribution is -0.118. The first-order chi connectivity index (χ1) is 9.79. The van der Waals surface area contributed by atoms with Crippen LogP contribution in [0.3, 0.4) is 0 Å². The number of carbonyl (C=O) groups excluding carboxylic acids is 1. The maximum absolute atomic E-state index is 12.1. The molecule has 1 amide bonds. The van der Waals surface area contributed by atoms with Gasteiger partial charge in [0.05, 0.1) is 12.6 Å². The van der Waals surface area contributed by atoms with Crippen LogP contribution in [0.2, 0.25) is 0 Å². The summed E-state index contributed by atoms with van der Waals surface area (Å²) >= 11 is 0. The highest BCUT2D eigenvalue weighted by atomic mass is 35.5. The monoisotopic (exact) mass is 314 g/mol. The molecule has 0 saturated carbocycles. The van der Waals surface area contributed by atoms with Crippen molar-refractivity contribution in [3.63, 3.8) is 0 Å². The van der Waals surface area contributed by atoms with Gasteiger partial charge in [0, 0.05) is 18.9 Å². The highest BCUT2D eigenvalue weighted by Gasteiger charge is 2.20. The van der Waals surface area contributed by atoms with E-state index in [-0.39, 0.29) is 24.4 Å². The van der Waals surface area contributed by atoms with Crippen molar-refractivity contribution in [3.8, 4) is 5.75 Å². The van der Waals surface area contributed by atoms with Crippen LogP contribution in [-0.2, 0) is 9.53 Å². The summed E-state index contributed by atoms with van der Waals surface area (Å²) < 4.78 is 10.5. The molecule has 5 nitrogen and oxygen atoms in total. The van der Waals surface area contributed by atoms with Gasteiger partial charge in [-0.05, 0) is 31.5 Å². The summed E-state index contributed by atoms with van der Waals surface area (Å²) in [6, 6.07) is 7.35. The van der Waals surface area contributed by atoms with Crippen molar-refractivity contribution >= 4 is 24.0 Å². The standard InChI is InChI=1S/C15H22N2O3.ClH/c1-19-9-10-20-13-6-4-5-12(11-13)17-15(18)14-7-2-3-8-16-14;/h4-6,11,14,16H,2-3,7-10H2,1H3,(H,17,18);1H. The third-order valence-corrected chi connectivity index (χ3v) is 3.28. The molecule has 1 unspecified atom stereocenters. The van der Waals surface area contributed by atoms with Crippen LogP contribution in [0.5, 0.6) is 5.75 Å². The van der Waals surface area contributed by atoms with Gasteiger partial charge in [-0.15, -0.1) is 12.4 Å². The van der Waals surface area contributed by atoms with Gasteiger partial charge < -0.3 is 20.1 Å². The molecule has 1 heterocycles. The molecule has 0 spiro atoms. The van der Waals surface area contributed by atoms with Crippen LogP contribution >= 0.6 is 12.4 Å². The molecule has 0 radical (unpaired) electrons. The van der Waals surface area contributed by atoms with E-state index in [1.54, 1.807) is 7.11 Å². The molecule has 118 valence electrons. The Bertz CT molecular complexity index is 437. The van der Waals surface area contributed by atoms with E-state index in [9.17, 15) is 4.79 Å². The van der Waals surface area contributed by atoms with Crippen LogP contribution in [0.25, 0.3) is 0 Å². The van der Waals surface area contributed by atoms with Gasteiger partial charge in [-0.2, -0.15) is 0 Å². The summed E-state index contributed by atoms with van der Waals surface area (Å²) in [4.78, 5) is 12.1. The SMILES string of the molecule is COCCOc1cccc(NC(=O)C2CCCCN2)c1.Cl. The van der Waals surface area contributed by atoms with E-state index in [0.717, 1.165) is 37.2 Å². The number of hydrogen-bond acceptors (Lipinski definition) is 4. The molecule has 1 aromatic carbocycles. The van der Waals surface area contributed by atoms with Crippen LogP contribution in [0.4, 0.5) is 5.69 Å². The van der Waals surface area contributed by atoms with Gasteiger partial charge in [-0.25, -0.2) is 0 Å². The first kappa shape index (κ1) is 17.8. The van der Waals surface area contributed by atoms with E-state index < -0.39 is 0 Å². The van der Waals surface area contributed by atoms with E-state index in [4.69, 9.17) is 9.47 Å². The van der Waals surface area contributed by atoms with Crippen LogP contribution < -0.4 is 15.4 Å². The summed E-state index contributed by atoms with van der Waals surface area (Å²) in [6.07, 6.45) is 3.15. The Kier molecular flexibility index (Phi) is 8.12. The zero-order valence-electron chi connectivity index (χ0n) is 12.3. The summed E-state index contributed by atoms with van der Waals surface area (Å²) in [5.74, 6) is 0.759. The lowest BCUT2D eigenvalue weighted by Gasteiger charge is -2.22. The van der Waals surface area contributed by atoms with Crippen molar-refractivity contribution < 1.29 is 14.3 Å². The zero-order valence-corrected chi connectivity index (χ0v) is 13.1. The lowest BCUT2D eigenvalue weighted by Crippen LogP contribution is -2.43. The second-order valence-electron chi connectivity index (χ2n) is 4.86. The molecule has 1 aliphatic heterocycles. The minimum Gasteiger partial charge on any atom is -0.491 e. The van der Waals surface area contributed by atoms with Gasteiger partial charge in [0.2, 0.25) is 5.91 Å². The highest BCUT2D eigenvalue weighted by molar-refractivity contribution is 5.95. The molecule has 1 atom stereocenters. The molecule has 2 rings (SSSR count). The number of piperidine rings is 1. The summed E-state index contributed by atoms with van der Waals surface area (Å²) in [5.41, 5.74) is 0.761. The van der Waals surface area contributed by atoms with E-state index >= 15 is 0 Å². The fourth-order valence-corrected chi connectivity index (χ4v) is 2.21. The van der Waals surface area contributed by atoms with E-state index in [1.165, 1.54) is 0 Å². The summed E-state index contributed by atoms with van der Waals surface area (Å²) in [5, 5.41) is 6.17. The van der Waals surface area contributed by atoms with Crippen molar-refractivity contribution in [1.29, 1.82) is 0 Å². The number of hydrogen-bond donors (Lipinski definition) is 2. The topological polar surface area (TPSA) is 59.6 Å². The molecule has 21 heavy (non-hydrogen) atoms. The largest absolute Gasteiger partial charge is 0.491 e. The number of anilines is 1. The van der Waals surface area contributed by atoms with Gasteiger partial charge in [0.25, 0.3) is 0 Å². The molecule has 6 heteroatoms. The van der Waals surface area contributed by atoms with E-state index in [0.29, 0.717) is 13.2 Å². The Morgan fingerprint density at radius 1 is 1.38 bits per heavy atom. The van der Waals surface area contributed by atoms with Gasteiger partial charge in [-0.1, -0.05) is 12.5 Å². The normalized spacial score (nSPS) is 17.7. The summed E-state index contributed by atoms with van der Waals surface area (Å²) in [7, 11) is 1.64. The van der Waals surface area contributed by atoms with Crippen LogP contribution in [-0.4, -0.2) is 38.8 Å². The average Bonchev–Trinajstić information content (AvgIpc) is 2.49. The van der Waals surface area contributed by atoms with Crippen molar-refractivity contribution in [2.24, 2.45) is 0 Å². The Balaban J connectivity index is 0.00000220. The fourth-order valence-electron chi connectivity index (χ4n) is 2.21. The van der Waals surface area contributed by atoms with E-state index in [1.807, 2.05) is 24.3 Å². The first-order valence-electron chi connectivity index (χ1n) is 7.05. The third-order valence-electron chi connectivity index (χ3n) is 3.28. The second-order valence-corrected chi connectivity index (χ2v) is 4.86. The molecule has 1 saturated heterocycles. The van der Waals surface area contributed by atoms with Crippen molar-refractivity contribution in [2.45, 2.75) is 25.3 Å².